The molecule has 0 radical (unpaired) electrons. The molecule has 0 aliphatic rings. The van der Waals surface area contributed by atoms with E-state index in [0.717, 1.165) is 0 Å². The van der Waals surface area contributed by atoms with Gasteiger partial charge in [0.1, 0.15) is 5.75 Å². The molecule has 0 saturated carbocycles. The van der Waals surface area contributed by atoms with Crippen LogP contribution in [0.1, 0.15) is 10.4 Å². The standard InChI is InChI=1S/C9H11ClN2O3.ClH/c1-14-8-4-6(10)5(9(13)15-2)3-7(8)12-11;/h3-4,12H,11H2,1-2H3;1H. The highest BCUT2D eigenvalue weighted by Gasteiger charge is 2.14. The zero-order valence-electron chi connectivity index (χ0n) is 8.74. The van der Waals surface area contributed by atoms with Crippen molar-refractivity contribution >= 4 is 35.7 Å². The molecule has 0 saturated heterocycles. The Morgan fingerprint density at radius 2 is 2.06 bits per heavy atom. The maximum Gasteiger partial charge on any atom is 0.339 e. The second-order valence-corrected chi connectivity index (χ2v) is 3.08. The summed E-state index contributed by atoms with van der Waals surface area (Å²) in [6.45, 7) is 0. The molecule has 0 bridgehead atoms. The van der Waals surface area contributed by atoms with E-state index in [1.807, 2.05) is 0 Å². The lowest BCUT2D eigenvalue weighted by Gasteiger charge is -2.10. The summed E-state index contributed by atoms with van der Waals surface area (Å²) in [6, 6.07) is 2.95. The van der Waals surface area contributed by atoms with Crippen molar-refractivity contribution in [3.63, 3.8) is 0 Å². The molecule has 0 unspecified atom stereocenters. The molecular formula is C9H12Cl2N2O3. The lowest BCUT2D eigenvalue weighted by Crippen LogP contribution is -2.10. The molecular weight excluding hydrogens is 255 g/mol. The Hall–Kier alpha value is -1.17. The zero-order chi connectivity index (χ0) is 11.4. The first-order valence-corrected chi connectivity index (χ1v) is 4.44. The van der Waals surface area contributed by atoms with Gasteiger partial charge in [-0.1, -0.05) is 11.6 Å². The van der Waals surface area contributed by atoms with Crippen LogP contribution in [0.4, 0.5) is 5.69 Å². The van der Waals surface area contributed by atoms with E-state index in [4.69, 9.17) is 22.2 Å². The Morgan fingerprint density at radius 3 is 2.50 bits per heavy atom. The minimum Gasteiger partial charge on any atom is -0.494 e. The minimum absolute atomic E-state index is 0. The molecule has 0 fully saturated rings. The molecule has 90 valence electrons. The van der Waals surface area contributed by atoms with E-state index in [1.165, 1.54) is 26.4 Å². The first kappa shape index (κ1) is 14.8. The summed E-state index contributed by atoms with van der Waals surface area (Å²) in [6.07, 6.45) is 0. The van der Waals surface area contributed by atoms with Gasteiger partial charge in [-0.2, -0.15) is 0 Å². The van der Waals surface area contributed by atoms with E-state index in [2.05, 4.69) is 10.2 Å². The third-order valence-corrected chi connectivity index (χ3v) is 2.16. The normalized spacial score (nSPS) is 9.00. The van der Waals surface area contributed by atoms with Crippen molar-refractivity contribution in [3.05, 3.63) is 22.7 Å². The highest BCUT2D eigenvalue weighted by atomic mass is 35.5. The fourth-order valence-electron chi connectivity index (χ4n) is 1.10. The van der Waals surface area contributed by atoms with Crippen molar-refractivity contribution in [2.45, 2.75) is 0 Å². The van der Waals surface area contributed by atoms with Crippen LogP contribution in [0.2, 0.25) is 5.02 Å². The van der Waals surface area contributed by atoms with Crippen LogP contribution in [0, 0.1) is 0 Å². The number of benzene rings is 1. The summed E-state index contributed by atoms with van der Waals surface area (Å²) < 4.78 is 9.56. The predicted octanol–water partition coefficient (Wildman–Crippen LogP) is 1.84. The van der Waals surface area contributed by atoms with Gasteiger partial charge in [0, 0.05) is 6.07 Å². The number of carbonyl (C=O) groups excluding carboxylic acids is 1. The summed E-state index contributed by atoms with van der Waals surface area (Å²) in [4.78, 5) is 11.3. The number of hydrogen-bond donors (Lipinski definition) is 2. The third-order valence-electron chi connectivity index (χ3n) is 1.85. The van der Waals surface area contributed by atoms with Crippen molar-refractivity contribution in [3.8, 4) is 5.75 Å². The Morgan fingerprint density at radius 1 is 1.44 bits per heavy atom. The van der Waals surface area contributed by atoms with Crippen LogP contribution in [0.15, 0.2) is 12.1 Å². The van der Waals surface area contributed by atoms with E-state index < -0.39 is 5.97 Å². The van der Waals surface area contributed by atoms with Crippen molar-refractivity contribution < 1.29 is 14.3 Å². The van der Waals surface area contributed by atoms with Crippen LogP contribution >= 0.6 is 24.0 Å². The van der Waals surface area contributed by atoms with Crippen LogP contribution in [-0.4, -0.2) is 20.2 Å². The number of halogens is 2. The molecule has 0 aliphatic heterocycles. The van der Waals surface area contributed by atoms with Gasteiger partial charge in [-0.25, -0.2) is 4.79 Å². The molecule has 0 aromatic heterocycles. The van der Waals surface area contributed by atoms with E-state index in [1.54, 1.807) is 0 Å². The molecule has 0 amide bonds. The smallest absolute Gasteiger partial charge is 0.339 e. The molecule has 1 aromatic carbocycles. The molecule has 3 N–H and O–H groups in total. The molecule has 0 spiro atoms. The van der Waals surface area contributed by atoms with E-state index >= 15 is 0 Å². The van der Waals surface area contributed by atoms with Crippen molar-refractivity contribution in [2.24, 2.45) is 5.84 Å². The molecule has 0 heterocycles. The van der Waals surface area contributed by atoms with Gasteiger partial charge in [0.2, 0.25) is 0 Å². The first-order chi connectivity index (χ1) is 7.13. The number of nitrogens with two attached hydrogens (primary N) is 1. The number of nitrogens with one attached hydrogen (secondary N) is 1. The maximum absolute atomic E-state index is 11.3. The number of rotatable bonds is 3. The van der Waals surface area contributed by atoms with Gasteiger partial charge in [-0.15, -0.1) is 12.4 Å². The molecule has 1 rings (SSSR count). The Balaban J connectivity index is 0.00000225. The zero-order valence-corrected chi connectivity index (χ0v) is 10.3. The average molecular weight is 267 g/mol. The second-order valence-electron chi connectivity index (χ2n) is 2.67. The van der Waals surface area contributed by atoms with Gasteiger partial charge in [0.15, 0.2) is 0 Å². The molecule has 7 heteroatoms. The fourth-order valence-corrected chi connectivity index (χ4v) is 1.33. The summed E-state index contributed by atoms with van der Waals surface area (Å²) in [5.74, 6) is 5.19. The summed E-state index contributed by atoms with van der Waals surface area (Å²) in [5, 5.41) is 0.248. The van der Waals surface area contributed by atoms with Gasteiger partial charge in [0.05, 0.1) is 30.5 Å². The Labute approximate surface area is 104 Å². The number of ether oxygens (including phenoxy) is 2. The molecule has 1 aromatic rings. The van der Waals surface area contributed by atoms with Gasteiger partial charge in [-0.3, -0.25) is 5.84 Å². The Kier molecular flexibility index (Phi) is 5.95. The first-order valence-electron chi connectivity index (χ1n) is 4.06. The highest BCUT2D eigenvalue weighted by molar-refractivity contribution is 6.33. The van der Waals surface area contributed by atoms with Gasteiger partial charge < -0.3 is 14.9 Å². The van der Waals surface area contributed by atoms with E-state index in [9.17, 15) is 4.79 Å². The second kappa shape index (κ2) is 6.42. The number of nitrogen functional groups attached to an aromatic ring is 1. The number of anilines is 1. The largest absolute Gasteiger partial charge is 0.494 e. The lowest BCUT2D eigenvalue weighted by molar-refractivity contribution is 0.0601. The number of hydrazine groups is 1. The van der Waals surface area contributed by atoms with Gasteiger partial charge in [0.25, 0.3) is 0 Å². The lowest BCUT2D eigenvalue weighted by atomic mass is 10.2. The summed E-state index contributed by atoms with van der Waals surface area (Å²) >= 11 is 5.86. The monoisotopic (exact) mass is 266 g/mol. The highest BCUT2D eigenvalue weighted by Crippen LogP contribution is 2.30. The predicted molar refractivity (Wildman–Crippen MR) is 64.4 cm³/mol. The third kappa shape index (κ3) is 2.91. The summed E-state index contributed by atoms with van der Waals surface area (Å²) in [5.41, 5.74) is 3.09. The number of esters is 1. The van der Waals surface area contributed by atoms with Crippen molar-refractivity contribution in [1.82, 2.24) is 0 Å². The van der Waals surface area contributed by atoms with Crippen LogP contribution in [0.3, 0.4) is 0 Å². The molecule has 5 nitrogen and oxygen atoms in total. The fraction of sp³-hybridized carbons (Fsp3) is 0.222. The Bertz CT molecular complexity index is 385. The molecule has 16 heavy (non-hydrogen) atoms. The van der Waals surface area contributed by atoms with Gasteiger partial charge >= 0.3 is 5.97 Å². The minimum atomic E-state index is -0.529. The maximum atomic E-state index is 11.3. The van der Waals surface area contributed by atoms with Crippen LogP contribution in [-0.2, 0) is 4.74 Å². The molecule has 0 atom stereocenters. The van der Waals surface area contributed by atoms with Gasteiger partial charge in [-0.05, 0) is 6.07 Å². The van der Waals surface area contributed by atoms with Crippen LogP contribution in [0.5, 0.6) is 5.75 Å². The van der Waals surface area contributed by atoms with E-state index in [-0.39, 0.29) is 23.0 Å². The average Bonchev–Trinajstić information content (AvgIpc) is 2.27. The van der Waals surface area contributed by atoms with Crippen LogP contribution < -0.4 is 16.0 Å². The van der Waals surface area contributed by atoms with Crippen molar-refractivity contribution in [2.75, 3.05) is 19.6 Å². The number of hydrogen-bond acceptors (Lipinski definition) is 5. The molecule has 0 aliphatic carbocycles. The van der Waals surface area contributed by atoms with Crippen LogP contribution in [0.25, 0.3) is 0 Å². The summed E-state index contributed by atoms with van der Waals surface area (Å²) in [7, 11) is 2.75. The van der Waals surface area contributed by atoms with E-state index in [0.29, 0.717) is 11.4 Å². The SMILES string of the molecule is COC(=O)c1cc(NN)c(OC)cc1Cl.Cl. The quantitative estimate of drug-likeness (QED) is 0.496. The van der Waals surface area contributed by atoms with Crippen molar-refractivity contribution in [1.29, 1.82) is 0 Å². The topological polar surface area (TPSA) is 73.6 Å². The number of carbonyl (C=O) groups is 1. The number of methoxy groups -OCH3 is 2.